The van der Waals surface area contributed by atoms with E-state index in [2.05, 4.69) is 20.8 Å². The van der Waals surface area contributed by atoms with Gasteiger partial charge in [-0.3, -0.25) is 9.59 Å². The number of allylic oxidation sites excluding steroid dienone is 2. The summed E-state index contributed by atoms with van der Waals surface area (Å²) in [6, 6.07) is 17.6. The number of carbonyl (C=O) groups is 2. The van der Waals surface area contributed by atoms with Crippen LogP contribution in [0.25, 0.3) is 12.2 Å². The summed E-state index contributed by atoms with van der Waals surface area (Å²) >= 11 is 0. The van der Waals surface area contributed by atoms with Crippen LogP contribution in [0.1, 0.15) is 121 Å². The molecule has 0 bridgehead atoms. The Morgan fingerprint density at radius 1 is 0.556 bits per heavy atom. The van der Waals surface area contributed by atoms with Crippen LogP contribution in [0.4, 0.5) is 11.4 Å². The van der Waals surface area contributed by atoms with Gasteiger partial charge in [-0.05, 0) is 146 Å². The summed E-state index contributed by atoms with van der Waals surface area (Å²) in [6.45, 7) is 13.5. The monoisotopic (exact) mass is 734 g/mol. The Hall–Kier alpha value is -5.50. The predicted molar refractivity (Wildman–Crippen MR) is 223 cm³/mol. The van der Waals surface area contributed by atoms with Gasteiger partial charge < -0.3 is 31.2 Å². The molecule has 0 fully saturated rings. The first-order chi connectivity index (χ1) is 26.0. The first kappa shape index (κ1) is 42.9. The van der Waals surface area contributed by atoms with E-state index in [1.165, 1.54) is 12.2 Å². The van der Waals surface area contributed by atoms with E-state index < -0.39 is 0 Å². The Balaban J connectivity index is 0.000000291. The number of aryl methyl sites for hydroxylation is 4. The van der Waals surface area contributed by atoms with E-state index in [9.17, 15) is 19.8 Å². The molecule has 0 aliphatic heterocycles. The van der Waals surface area contributed by atoms with Gasteiger partial charge in [0.15, 0.2) is 11.6 Å². The normalized spacial score (nSPS) is 11.1. The molecule has 0 aliphatic carbocycles. The number of hydrogen-bond acceptors (Lipinski definition) is 8. The van der Waals surface area contributed by atoms with Gasteiger partial charge in [0, 0.05) is 22.5 Å². The lowest BCUT2D eigenvalue weighted by Crippen LogP contribution is -2.04. The van der Waals surface area contributed by atoms with Crippen LogP contribution in [-0.4, -0.2) is 35.0 Å². The van der Waals surface area contributed by atoms with Crippen LogP contribution in [0.2, 0.25) is 0 Å². The van der Waals surface area contributed by atoms with Crippen molar-refractivity contribution in [3.63, 3.8) is 0 Å². The predicted octanol–water partition coefficient (Wildman–Crippen LogP) is 10.3. The number of anilines is 2. The molecule has 0 saturated carbocycles. The molecule has 4 rings (SSSR count). The lowest BCUT2D eigenvalue weighted by Gasteiger charge is -2.18. The second kappa shape index (κ2) is 21.9. The highest BCUT2D eigenvalue weighted by molar-refractivity contribution is 6.08. The van der Waals surface area contributed by atoms with E-state index in [-0.39, 0.29) is 23.1 Å². The van der Waals surface area contributed by atoms with Crippen LogP contribution in [0.5, 0.6) is 23.0 Å². The van der Waals surface area contributed by atoms with Crippen LogP contribution in [0.3, 0.4) is 0 Å². The molecule has 4 aromatic carbocycles. The molecule has 4 aromatic rings. The number of hydrogen-bond donors (Lipinski definition) is 4. The molecule has 54 heavy (non-hydrogen) atoms. The van der Waals surface area contributed by atoms with Crippen LogP contribution < -0.4 is 20.9 Å². The zero-order valence-electron chi connectivity index (χ0n) is 32.8. The Labute approximate surface area is 321 Å². The first-order valence-corrected chi connectivity index (χ1v) is 19.2. The number of benzene rings is 4. The second-order valence-electron chi connectivity index (χ2n) is 13.1. The minimum Gasteiger partial charge on any atom is -0.507 e. The van der Waals surface area contributed by atoms with Gasteiger partial charge in [0.05, 0.1) is 24.3 Å². The zero-order chi connectivity index (χ0) is 39.6. The van der Waals surface area contributed by atoms with Crippen molar-refractivity contribution >= 4 is 35.1 Å². The smallest absolute Gasteiger partial charge is 0.185 e. The largest absolute Gasteiger partial charge is 0.507 e. The number of ketones is 2. The second-order valence-corrected chi connectivity index (χ2v) is 13.1. The van der Waals surface area contributed by atoms with Crippen molar-refractivity contribution in [1.82, 2.24) is 0 Å². The van der Waals surface area contributed by atoms with Crippen LogP contribution in [-0.2, 0) is 25.7 Å². The van der Waals surface area contributed by atoms with Crippen molar-refractivity contribution in [3.05, 3.63) is 117 Å². The maximum absolute atomic E-state index is 12.5. The maximum Gasteiger partial charge on any atom is 0.185 e. The number of ether oxygens (including phenoxy) is 2. The number of nitrogen functional groups attached to an aromatic ring is 2. The number of phenolic OH excluding ortho intramolecular Hbond substituents is 2. The van der Waals surface area contributed by atoms with E-state index >= 15 is 0 Å². The molecular formula is C46H58N2O6. The summed E-state index contributed by atoms with van der Waals surface area (Å²) in [6.07, 6.45) is 13.1. The minimum atomic E-state index is -0.147. The average molecular weight is 735 g/mol. The van der Waals surface area contributed by atoms with Gasteiger partial charge in [-0.1, -0.05) is 54.4 Å². The van der Waals surface area contributed by atoms with Gasteiger partial charge in [0.2, 0.25) is 0 Å². The summed E-state index contributed by atoms with van der Waals surface area (Å²) < 4.78 is 11.9. The Bertz CT molecular complexity index is 1890. The Morgan fingerprint density at radius 2 is 0.944 bits per heavy atom. The molecule has 0 unspecified atom stereocenters. The number of carbonyl (C=O) groups excluding carboxylic acids is 2. The van der Waals surface area contributed by atoms with E-state index in [0.29, 0.717) is 64.8 Å². The van der Waals surface area contributed by atoms with Crippen molar-refractivity contribution in [3.8, 4) is 23.0 Å². The van der Waals surface area contributed by atoms with Gasteiger partial charge in [0.25, 0.3) is 0 Å². The molecule has 8 nitrogen and oxygen atoms in total. The van der Waals surface area contributed by atoms with E-state index in [0.717, 1.165) is 67.2 Å². The minimum absolute atomic E-state index is 0.140. The highest BCUT2D eigenvalue weighted by Crippen LogP contribution is 2.39. The molecule has 0 heterocycles. The third kappa shape index (κ3) is 11.8. The van der Waals surface area contributed by atoms with Gasteiger partial charge in [-0.15, -0.1) is 0 Å². The van der Waals surface area contributed by atoms with Crippen molar-refractivity contribution in [2.24, 2.45) is 0 Å². The zero-order valence-corrected chi connectivity index (χ0v) is 32.8. The summed E-state index contributed by atoms with van der Waals surface area (Å²) in [7, 11) is 0. The molecule has 0 aliphatic rings. The molecule has 0 spiro atoms. The van der Waals surface area contributed by atoms with Crippen LogP contribution in [0.15, 0.2) is 72.8 Å². The summed E-state index contributed by atoms with van der Waals surface area (Å²) in [5.41, 5.74) is 18.7. The number of nitrogens with two attached hydrogens (primary N) is 2. The van der Waals surface area contributed by atoms with Gasteiger partial charge in [-0.25, -0.2) is 0 Å². The van der Waals surface area contributed by atoms with Gasteiger partial charge in [-0.2, -0.15) is 0 Å². The molecular weight excluding hydrogens is 677 g/mol. The third-order valence-corrected chi connectivity index (χ3v) is 8.78. The molecule has 0 radical (unpaired) electrons. The molecule has 0 amide bonds. The van der Waals surface area contributed by atoms with E-state index in [1.807, 2.05) is 32.9 Å². The summed E-state index contributed by atoms with van der Waals surface area (Å²) in [5, 5.41) is 21.5. The lowest BCUT2D eigenvalue weighted by molar-refractivity contribution is 0.103. The number of phenols is 2. The molecule has 288 valence electrons. The van der Waals surface area contributed by atoms with Crippen LogP contribution >= 0.6 is 0 Å². The molecule has 6 N–H and O–H groups in total. The fraction of sp³-hybridized carbons (Fsp3) is 0.348. The van der Waals surface area contributed by atoms with Gasteiger partial charge >= 0.3 is 0 Å². The van der Waals surface area contributed by atoms with E-state index in [4.69, 9.17) is 20.9 Å². The highest BCUT2D eigenvalue weighted by Gasteiger charge is 2.18. The molecule has 0 aromatic heterocycles. The summed E-state index contributed by atoms with van der Waals surface area (Å²) in [5.74, 6) is 1.43. The van der Waals surface area contributed by atoms with Crippen molar-refractivity contribution in [2.75, 3.05) is 24.7 Å². The molecule has 0 atom stereocenters. The topological polar surface area (TPSA) is 145 Å². The maximum atomic E-state index is 12.5. The Morgan fingerprint density at radius 3 is 1.35 bits per heavy atom. The Kier molecular flexibility index (Phi) is 17.4. The molecule has 0 saturated heterocycles. The van der Waals surface area contributed by atoms with Crippen LogP contribution in [0, 0.1) is 0 Å². The van der Waals surface area contributed by atoms with Crippen molar-refractivity contribution in [2.45, 2.75) is 92.9 Å². The average Bonchev–Trinajstić information content (AvgIpc) is 3.17. The fourth-order valence-corrected chi connectivity index (χ4v) is 5.91. The SMILES string of the molecule is CCCOc1c(CC)cc(CC)c(O)c1/C=C/C(=O)c1ccc(N)cc1.CCCOc1c(CCC)cc(CCC)c(O)c1/C=C/C(=O)c1ccc(N)cc1. The van der Waals surface area contributed by atoms with E-state index in [1.54, 1.807) is 60.7 Å². The molecule has 8 heteroatoms. The summed E-state index contributed by atoms with van der Waals surface area (Å²) in [4.78, 5) is 25.0. The lowest BCUT2D eigenvalue weighted by atomic mass is 9.96. The standard InChI is InChI=1S/C24H31NO3.C22H27NO3/c1-4-7-18-16-19(8-5-2)24(28-15-6-3)21(23(18)27)13-14-22(26)17-9-11-20(25)12-10-17;1-4-13-26-22-16(6-3)14-15(5-2)21(25)19(22)11-12-20(24)17-7-9-18(23)10-8-17/h9-14,16,27H,4-8,15,25H2,1-3H3;7-12,14,25H,4-6,13,23H2,1-3H3/b14-13+;12-11+. The van der Waals surface area contributed by atoms with Crippen molar-refractivity contribution in [1.29, 1.82) is 0 Å². The third-order valence-electron chi connectivity index (χ3n) is 8.78. The first-order valence-electron chi connectivity index (χ1n) is 19.2. The number of aromatic hydroxyl groups is 2. The highest BCUT2D eigenvalue weighted by atomic mass is 16.5. The fourth-order valence-electron chi connectivity index (χ4n) is 5.91. The quantitative estimate of drug-likeness (QED) is 0.0449. The van der Waals surface area contributed by atoms with Gasteiger partial charge in [0.1, 0.15) is 23.0 Å². The van der Waals surface area contributed by atoms with Crippen molar-refractivity contribution < 1.29 is 29.3 Å². The number of rotatable bonds is 18.